The van der Waals surface area contributed by atoms with Crippen LogP contribution in [0.4, 0.5) is 5.69 Å². The van der Waals surface area contributed by atoms with Gasteiger partial charge in [-0.2, -0.15) is 0 Å². The van der Waals surface area contributed by atoms with Crippen LogP contribution in [0.2, 0.25) is 0 Å². The summed E-state index contributed by atoms with van der Waals surface area (Å²) in [5.74, 6) is 0.806. The standard InChI is InChI=1S/C16H11N3O5S/c1-23-13-5-3-2-4-12(13)14-17-18-16(24-14)25-15(20)10-6-8-11(9-7-10)19(21)22/h2-9H,1H3. The third-order valence-corrected chi connectivity index (χ3v) is 4.00. The van der Waals surface area contributed by atoms with Crippen LogP contribution >= 0.6 is 11.8 Å². The van der Waals surface area contributed by atoms with Crippen LogP contribution in [-0.2, 0) is 0 Å². The van der Waals surface area contributed by atoms with Crippen molar-refractivity contribution < 1.29 is 18.9 Å². The molecule has 0 N–H and O–H groups in total. The average molecular weight is 357 g/mol. The van der Waals surface area contributed by atoms with E-state index in [0.717, 1.165) is 11.8 Å². The van der Waals surface area contributed by atoms with Crippen LogP contribution in [0.3, 0.4) is 0 Å². The molecule has 0 spiro atoms. The van der Waals surface area contributed by atoms with E-state index >= 15 is 0 Å². The average Bonchev–Trinajstić information content (AvgIpc) is 3.10. The lowest BCUT2D eigenvalue weighted by molar-refractivity contribution is -0.384. The molecule has 1 heterocycles. The molecule has 0 amide bonds. The third kappa shape index (κ3) is 3.66. The Morgan fingerprint density at radius 3 is 2.56 bits per heavy atom. The van der Waals surface area contributed by atoms with Gasteiger partial charge in [0.05, 0.1) is 17.6 Å². The number of carbonyl (C=O) groups excluding carboxylic acids is 1. The van der Waals surface area contributed by atoms with E-state index in [9.17, 15) is 14.9 Å². The van der Waals surface area contributed by atoms with Gasteiger partial charge in [0.1, 0.15) is 5.75 Å². The molecular formula is C16H11N3O5S. The van der Waals surface area contributed by atoms with E-state index in [1.165, 1.54) is 31.4 Å². The first kappa shape index (κ1) is 16.7. The molecule has 8 nitrogen and oxygen atoms in total. The minimum absolute atomic E-state index is 0.0734. The maximum atomic E-state index is 12.2. The fourth-order valence-electron chi connectivity index (χ4n) is 2.04. The second-order valence-electron chi connectivity index (χ2n) is 4.77. The fourth-order valence-corrected chi connectivity index (χ4v) is 2.65. The summed E-state index contributed by atoms with van der Waals surface area (Å²) in [7, 11) is 1.53. The molecule has 1 aromatic heterocycles. The lowest BCUT2D eigenvalue weighted by atomic mass is 10.2. The summed E-state index contributed by atoms with van der Waals surface area (Å²) in [6.45, 7) is 0. The predicted molar refractivity (Wildman–Crippen MR) is 89.6 cm³/mol. The maximum Gasteiger partial charge on any atom is 0.284 e. The van der Waals surface area contributed by atoms with Gasteiger partial charge in [0.2, 0.25) is 5.12 Å². The molecule has 0 saturated carbocycles. The molecule has 9 heteroatoms. The van der Waals surface area contributed by atoms with Crippen molar-refractivity contribution in [1.29, 1.82) is 0 Å². The quantitative estimate of drug-likeness (QED) is 0.387. The van der Waals surface area contributed by atoms with Crippen molar-refractivity contribution in [2.45, 2.75) is 5.22 Å². The Kier molecular flexibility index (Phi) is 4.75. The van der Waals surface area contributed by atoms with Gasteiger partial charge in [0, 0.05) is 29.5 Å². The maximum absolute atomic E-state index is 12.2. The van der Waals surface area contributed by atoms with E-state index in [2.05, 4.69) is 10.2 Å². The van der Waals surface area contributed by atoms with Gasteiger partial charge in [-0.3, -0.25) is 14.9 Å². The zero-order valence-corrected chi connectivity index (χ0v) is 13.7. The van der Waals surface area contributed by atoms with E-state index in [1.807, 2.05) is 6.07 Å². The Labute approximate surface area is 146 Å². The van der Waals surface area contributed by atoms with Crippen LogP contribution in [0.15, 0.2) is 58.2 Å². The van der Waals surface area contributed by atoms with E-state index < -0.39 is 4.92 Å². The van der Waals surface area contributed by atoms with Gasteiger partial charge in [-0.25, -0.2) is 0 Å². The predicted octanol–water partition coefficient (Wildman–Crippen LogP) is 3.59. The molecule has 3 rings (SSSR count). The van der Waals surface area contributed by atoms with Gasteiger partial charge in [-0.05, 0) is 24.3 Å². The summed E-state index contributed by atoms with van der Waals surface area (Å²) in [6, 6.07) is 12.4. The second-order valence-corrected chi connectivity index (χ2v) is 5.69. The van der Waals surface area contributed by atoms with Crippen LogP contribution in [-0.4, -0.2) is 27.3 Å². The van der Waals surface area contributed by atoms with Crippen LogP contribution in [0.5, 0.6) is 5.75 Å². The topological polar surface area (TPSA) is 108 Å². The van der Waals surface area contributed by atoms with Crippen molar-refractivity contribution in [3.05, 3.63) is 64.2 Å². The number of methoxy groups -OCH3 is 1. The summed E-state index contributed by atoms with van der Waals surface area (Å²) in [5.41, 5.74) is 0.831. The number of nitrogens with zero attached hydrogens (tertiary/aromatic N) is 3. The zero-order valence-electron chi connectivity index (χ0n) is 12.9. The smallest absolute Gasteiger partial charge is 0.284 e. The Hall–Kier alpha value is -3.20. The molecule has 126 valence electrons. The number of thioether (sulfide) groups is 1. The highest BCUT2D eigenvalue weighted by Crippen LogP contribution is 2.31. The number of nitro benzene ring substituents is 1. The van der Waals surface area contributed by atoms with Crippen LogP contribution in [0.25, 0.3) is 11.5 Å². The number of hydrogen-bond donors (Lipinski definition) is 0. The van der Waals surface area contributed by atoms with Crippen LogP contribution in [0, 0.1) is 10.1 Å². The lowest BCUT2D eigenvalue weighted by Gasteiger charge is -2.03. The van der Waals surface area contributed by atoms with Gasteiger partial charge < -0.3 is 9.15 Å². The summed E-state index contributed by atoms with van der Waals surface area (Å²) < 4.78 is 10.7. The van der Waals surface area contributed by atoms with Gasteiger partial charge in [0.25, 0.3) is 16.8 Å². The Bertz CT molecular complexity index is 924. The molecule has 0 aliphatic rings. The van der Waals surface area contributed by atoms with E-state index in [1.54, 1.807) is 18.2 Å². The molecule has 3 aromatic rings. The highest BCUT2D eigenvalue weighted by atomic mass is 32.2. The zero-order chi connectivity index (χ0) is 17.8. The SMILES string of the molecule is COc1ccccc1-c1nnc(SC(=O)c2ccc([N+](=O)[O-])cc2)o1. The third-order valence-electron chi connectivity index (χ3n) is 3.24. The van der Waals surface area contributed by atoms with Crippen molar-refractivity contribution in [2.24, 2.45) is 0 Å². The number of aromatic nitrogens is 2. The first-order valence-electron chi connectivity index (χ1n) is 7.02. The first-order valence-corrected chi connectivity index (χ1v) is 7.83. The summed E-state index contributed by atoms with van der Waals surface area (Å²) >= 11 is 0.750. The van der Waals surface area contributed by atoms with E-state index in [-0.39, 0.29) is 21.9 Å². The molecular weight excluding hydrogens is 346 g/mol. The molecule has 0 aliphatic heterocycles. The normalized spacial score (nSPS) is 10.4. The largest absolute Gasteiger partial charge is 0.496 e. The second kappa shape index (κ2) is 7.14. The number of ether oxygens (including phenoxy) is 1. The molecule has 0 radical (unpaired) electrons. The first-order chi connectivity index (χ1) is 12.1. The van der Waals surface area contributed by atoms with E-state index in [4.69, 9.17) is 9.15 Å². The van der Waals surface area contributed by atoms with Gasteiger partial charge in [-0.1, -0.05) is 12.1 Å². The highest BCUT2D eigenvalue weighted by Gasteiger charge is 2.17. The molecule has 0 fully saturated rings. The Morgan fingerprint density at radius 1 is 1.16 bits per heavy atom. The van der Waals surface area contributed by atoms with Crippen molar-refractivity contribution in [3.63, 3.8) is 0 Å². The monoisotopic (exact) mass is 357 g/mol. The van der Waals surface area contributed by atoms with Gasteiger partial charge >= 0.3 is 0 Å². The molecule has 0 saturated heterocycles. The fraction of sp³-hybridized carbons (Fsp3) is 0.0625. The Morgan fingerprint density at radius 2 is 1.88 bits per heavy atom. The summed E-state index contributed by atoms with van der Waals surface area (Å²) in [6.07, 6.45) is 0. The number of hydrogen-bond acceptors (Lipinski definition) is 8. The van der Waals surface area contributed by atoms with Crippen molar-refractivity contribution in [1.82, 2.24) is 10.2 Å². The number of benzene rings is 2. The lowest BCUT2D eigenvalue weighted by Crippen LogP contribution is -1.94. The Balaban J connectivity index is 1.77. The summed E-state index contributed by atoms with van der Waals surface area (Å²) in [5, 5.41) is 18.1. The molecule has 25 heavy (non-hydrogen) atoms. The molecule has 0 atom stereocenters. The number of para-hydroxylation sites is 1. The molecule has 0 bridgehead atoms. The molecule has 0 aliphatic carbocycles. The number of nitro groups is 1. The van der Waals surface area contributed by atoms with Gasteiger partial charge in [-0.15, -0.1) is 10.2 Å². The van der Waals surface area contributed by atoms with Crippen molar-refractivity contribution >= 4 is 22.6 Å². The summed E-state index contributed by atoms with van der Waals surface area (Å²) in [4.78, 5) is 22.3. The molecule has 0 unspecified atom stereocenters. The van der Waals surface area contributed by atoms with E-state index in [0.29, 0.717) is 16.9 Å². The van der Waals surface area contributed by atoms with Crippen LogP contribution < -0.4 is 4.74 Å². The number of non-ortho nitro benzene ring substituents is 1. The van der Waals surface area contributed by atoms with Gasteiger partial charge in [0.15, 0.2) is 0 Å². The van der Waals surface area contributed by atoms with Crippen molar-refractivity contribution in [3.8, 4) is 17.2 Å². The number of rotatable bonds is 5. The number of carbonyl (C=O) groups is 1. The van der Waals surface area contributed by atoms with Crippen molar-refractivity contribution in [2.75, 3.05) is 7.11 Å². The minimum Gasteiger partial charge on any atom is -0.496 e. The minimum atomic E-state index is -0.529. The highest BCUT2D eigenvalue weighted by molar-refractivity contribution is 8.14. The van der Waals surface area contributed by atoms with Crippen LogP contribution in [0.1, 0.15) is 10.4 Å². The molecule has 2 aromatic carbocycles.